The van der Waals surface area contributed by atoms with Gasteiger partial charge in [-0.3, -0.25) is 9.59 Å². The molecular weight excluding hydrogens is 634 g/mol. The molecule has 1 fully saturated rings. The molecule has 0 aliphatic heterocycles. The molecular formula is C30H31Cl2IN2O3. The predicted molar refractivity (Wildman–Crippen MR) is 161 cm³/mol. The molecule has 0 bridgehead atoms. The van der Waals surface area contributed by atoms with Crippen molar-refractivity contribution in [3.05, 3.63) is 97.5 Å². The van der Waals surface area contributed by atoms with E-state index in [4.69, 9.17) is 27.9 Å². The van der Waals surface area contributed by atoms with E-state index in [0.29, 0.717) is 27.8 Å². The standard InChI is InChI=1S/C30H31Cl2IN2O3/c31-23-12-11-22(27(32)18-23)19-35(29(36)20-38-26-15-13-24(33)14-16-26)28(17-21-7-3-1-4-8-21)30(37)34-25-9-5-2-6-10-25/h1,3-4,7-8,11-16,18,25,28H,2,5-6,9-10,17,19-20H2,(H,34,37). The molecule has 0 aromatic heterocycles. The zero-order chi connectivity index (χ0) is 26.9. The van der Waals surface area contributed by atoms with Crippen LogP contribution < -0.4 is 10.1 Å². The number of hydrogen-bond acceptors (Lipinski definition) is 3. The summed E-state index contributed by atoms with van der Waals surface area (Å²) in [5.41, 5.74) is 1.68. The van der Waals surface area contributed by atoms with Gasteiger partial charge in [0.15, 0.2) is 6.61 Å². The van der Waals surface area contributed by atoms with Crippen LogP contribution in [0.4, 0.5) is 0 Å². The Balaban J connectivity index is 1.62. The number of nitrogens with zero attached hydrogens (tertiary/aromatic N) is 1. The molecule has 1 aliphatic rings. The molecule has 0 heterocycles. The molecule has 8 heteroatoms. The van der Waals surface area contributed by atoms with Crippen molar-refractivity contribution in [1.82, 2.24) is 10.2 Å². The van der Waals surface area contributed by atoms with Crippen molar-refractivity contribution in [1.29, 1.82) is 0 Å². The molecule has 1 aliphatic carbocycles. The third kappa shape index (κ3) is 8.35. The SMILES string of the molecule is O=C(NC1CCCCC1)C(Cc1ccccc1)N(Cc1ccc(Cl)cc1Cl)C(=O)COc1ccc(I)cc1. The lowest BCUT2D eigenvalue weighted by molar-refractivity contribution is -0.143. The first-order chi connectivity index (χ1) is 18.4. The Kier molecular flexibility index (Phi) is 10.7. The first-order valence-electron chi connectivity index (χ1n) is 12.8. The second kappa shape index (κ2) is 14.2. The van der Waals surface area contributed by atoms with Gasteiger partial charge in [-0.1, -0.05) is 78.9 Å². The van der Waals surface area contributed by atoms with Gasteiger partial charge in [0, 0.05) is 32.6 Å². The first-order valence-corrected chi connectivity index (χ1v) is 14.7. The number of halogens is 3. The number of rotatable bonds is 10. The van der Waals surface area contributed by atoms with Crippen molar-refractivity contribution >= 4 is 57.6 Å². The quantitative estimate of drug-likeness (QED) is 0.236. The van der Waals surface area contributed by atoms with Crippen LogP contribution in [0.1, 0.15) is 43.2 Å². The minimum atomic E-state index is -0.737. The van der Waals surface area contributed by atoms with Gasteiger partial charge < -0.3 is 15.0 Å². The lowest BCUT2D eigenvalue weighted by atomic mass is 9.94. The van der Waals surface area contributed by atoms with Crippen LogP contribution in [-0.2, 0) is 22.6 Å². The molecule has 3 aromatic carbocycles. The maximum absolute atomic E-state index is 13.8. The van der Waals surface area contributed by atoms with Crippen LogP contribution in [0.25, 0.3) is 0 Å². The summed E-state index contributed by atoms with van der Waals surface area (Å²) in [7, 11) is 0. The van der Waals surface area contributed by atoms with Crippen molar-refractivity contribution in [3.63, 3.8) is 0 Å². The number of benzene rings is 3. The summed E-state index contributed by atoms with van der Waals surface area (Å²) in [6.45, 7) is -0.0474. The van der Waals surface area contributed by atoms with Crippen LogP contribution in [0.15, 0.2) is 72.8 Å². The maximum atomic E-state index is 13.8. The monoisotopic (exact) mass is 664 g/mol. The van der Waals surface area contributed by atoms with E-state index in [1.807, 2.05) is 54.6 Å². The fourth-order valence-corrected chi connectivity index (χ4v) is 5.52. The molecule has 5 nitrogen and oxygen atoms in total. The predicted octanol–water partition coefficient (Wildman–Crippen LogP) is 7.07. The highest BCUT2D eigenvalue weighted by molar-refractivity contribution is 14.1. The number of amides is 2. The molecule has 0 radical (unpaired) electrons. The Labute approximate surface area is 248 Å². The maximum Gasteiger partial charge on any atom is 0.261 e. The van der Waals surface area contributed by atoms with E-state index >= 15 is 0 Å². The van der Waals surface area contributed by atoms with Crippen LogP contribution in [0, 0.1) is 3.57 Å². The molecule has 1 N–H and O–H groups in total. The van der Waals surface area contributed by atoms with Crippen molar-refractivity contribution in [3.8, 4) is 5.75 Å². The van der Waals surface area contributed by atoms with Crippen LogP contribution in [0.2, 0.25) is 10.0 Å². The molecule has 4 rings (SSSR count). The van der Waals surface area contributed by atoms with E-state index < -0.39 is 6.04 Å². The van der Waals surface area contributed by atoms with E-state index in [1.165, 1.54) is 6.42 Å². The minimum Gasteiger partial charge on any atom is -0.484 e. The molecule has 2 amide bonds. The largest absolute Gasteiger partial charge is 0.484 e. The van der Waals surface area contributed by atoms with Crippen molar-refractivity contribution < 1.29 is 14.3 Å². The van der Waals surface area contributed by atoms with E-state index in [2.05, 4.69) is 27.9 Å². The fraction of sp³-hybridized carbons (Fsp3) is 0.333. The lowest BCUT2D eigenvalue weighted by Gasteiger charge is -2.33. The first kappa shape index (κ1) is 28.7. The van der Waals surface area contributed by atoms with E-state index in [9.17, 15) is 9.59 Å². The molecule has 3 aromatic rings. The number of hydrogen-bond donors (Lipinski definition) is 1. The second-order valence-electron chi connectivity index (χ2n) is 9.55. The van der Waals surface area contributed by atoms with Crippen molar-refractivity contribution in [2.75, 3.05) is 6.61 Å². The van der Waals surface area contributed by atoms with Gasteiger partial charge in [0.25, 0.3) is 5.91 Å². The van der Waals surface area contributed by atoms with Gasteiger partial charge >= 0.3 is 0 Å². The molecule has 38 heavy (non-hydrogen) atoms. The molecule has 1 unspecified atom stereocenters. The molecule has 0 saturated heterocycles. The van der Waals surface area contributed by atoms with Crippen LogP contribution in [0.5, 0.6) is 5.75 Å². The van der Waals surface area contributed by atoms with Gasteiger partial charge in [-0.05, 0) is 83.0 Å². The summed E-state index contributed by atoms with van der Waals surface area (Å²) in [4.78, 5) is 29.1. The fourth-order valence-electron chi connectivity index (χ4n) is 4.69. The summed E-state index contributed by atoms with van der Waals surface area (Å²) in [5, 5.41) is 4.19. The Hall–Kier alpha value is -2.29. The van der Waals surface area contributed by atoms with Crippen molar-refractivity contribution in [2.45, 2.75) is 57.2 Å². The average Bonchev–Trinajstić information content (AvgIpc) is 2.92. The number of ether oxygens (including phenoxy) is 1. The van der Waals surface area contributed by atoms with Gasteiger partial charge in [0.2, 0.25) is 5.91 Å². The Morgan fingerprint density at radius 3 is 2.37 bits per heavy atom. The molecule has 0 spiro atoms. The van der Waals surface area contributed by atoms with Gasteiger partial charge in [0.1, 0.15) is 11.8 Å². The Bertz CT molecular complexity index is 1220. The zero-order valence-electron chi connectivity index (χ0n) is 21.0. The Morgan fingerprint density at radius 1 is 0.974 bits per heavy atom. The molecule has 200 valence electrons. The van der Waals surface area contributed by atoms with Gasteiger partial charge in [-0.2, -0.15) is 0 Å². The Morgan fingerprint density at radius 2 is 1.68 bits per heavy atom. The second-order valence-corrected chi connectivity index (χ2v) is 11.6. The van der Waals surface area contributed by atoms with Crippen molar-refractivity contribution in [2.24, 2.45) is 0 Å². The number of carbonyl (C=O) groups excluding carboxylic acids is 2. The highest BCUT2D eigenvalue weighted by Gasteiger charge is 2.32. The van der Waals surface area contributed by atoms with E-state index in [0.717, 1.165) is 34.8 Å². The molecule has 1 saturated carbocycles. The smallest absolute Gasteiger partial charge is 0.261 e. The number of carbonyl (C=O) groups is 2. The highest BCUT2D eigenvalue weighted by atomic mass is 127. The van der Waals surface area contributed by atoms with Gasteiger partial charge in [-0.25, -0.2) is 0 Å². The highest BCUT2D eigenvalue weighted by Crippen LogP contribution is 2.25. The third-order valence-corrected chi connectivity index (χ3v) is 8.06. The van der Waals surface area contributed by atoms with E-state index in [-0.39, 0.29) is 31.0 Å². The van der Waals surface area contributed by atoms with Crippen LogP contribution in [-0.4, -0.2) is 35.4 Å². The van der Waals surface area contributed by atoms with Crippen LogP contribution in [0.3, 0.4) is 0 Å². The normalized spacial score (nSPS) is 14.5. The average molecular weight is 665 g/mol. The van der Waals surface area contributed by atoms with Gasteiger partial charge in [0.05, 0.1) is 0 Å². The summed E-state index contributed by atoms with van der Waals surface area (Å²) in [6, 6.07) is 21.8. The zero-order valence-corrected chi connectivity index (χ0v) is 24.7. The lowest BCUT2D eigenvalue weighted by Crippen LogP contribution is -2.53. The van der Waals surface area contributed by atoms with Crippen LogP contribution >= 0.6 is 45.8 Å². The van der Waals surface area contributed by atoms with Gasteiger partial charge in [-0.15, -0.1) is 0 Å². The summed E-state index contributed by atoms with van der Waals surface area (Å²) in [5.74, 6) is 0.136. The third-order valence-electron chi connectivity index (χ3n) is 6.75. The summed E-state index contributed by atoms with van der Waals surface area (Å²) < 4.78 is 6.91. The topological polar surface area (TPSA) is 58.6 Å². The summed E-state index contributed by atoms with van der Waals surface area (Å²) in [6.07, 6.45) is 5.67. The summed E-state index contributed by atoms with van der Waals surface area (Å²) >= 11 is 14.9. The minimum absolute atomic E-state index is 0.119. The molecule has 1 atom stereocenters. The van der Waals surface area contributed by atoms with E-state index in [1.54, 1.807) is 23.1 Å². The number of nitrogens with one attached hydrogen (secondary N) is 1.